The minimum atomic E-state index is -0.421. The van der Waals surface area contributed by atoms with Gasteiger partial charge >= 0.3 is 0 Å². The van der Waals surface area contributed by atoms with Crippen molar-refractivity contribution >= 4 is 0 Å². The number of aliphatic hydroxyl groups excluding tert-OH is 1. The van der Waals surface area contributed by atoms with E-state index >= 15 is 0 Å². The molecule has 2 heteroatoms. The summed E-state index contributed by atoms with van der Waals surface area (Å²) in [6, 6.07) is 0. The Balaban J connectivity index is 1.91. The smallest absolute Gasteiger partial charge is 0.157 e. The van der Waals surface area contributed by atoms with Gasteiger partial charge in [-0.1, -0.05) is 0 Å². The topological polar surface area (TPSA) is 29.5 Å². The van der Waals surface area contributed by atoms with Crippen LogP contribution in [0.3, 0.4) is 0 Å². The molecule has 11 heavy (non-hydrogen) atoms. The van der Waals surface area contributed by atoms with Crippen LogP contribution in [-0.4, -0.2) is 18.0 Å². The summed E-state index contributed by atoms with van der Waals surface area (Å²) in [7, 11) is 0. The van der Waals surface area contributed by atoms with Crippen LogP contribution in [0.5, 0.6) is 0 Å². The highest BCUT2D eigenvalue weighted by atomic mass is 16.6. The molecule has 2 nitrogen and oxygen atoms in total. The van der Waals surface area contributed by atoms with E-state index in [2.05, 4.69) is 0 Å². The van der Waals surface area contributed by atoms with E-state index in [4.69, 9.17) is 4.74 Å². The second kappa shape index (κ2) is 1.99. The van der Waals surface area contributed by atoms with Gasteiger partial charge in [0.15, 0.2) is 6.29 Å². The zero-order valence-corrected chi connectivity index (χ0v) is 6.57. The summed E-state index contributed by atoms with van der Waals surface area (Å²) in [4.78, 5) is 0. The van der Waals surface area contributed by atoms with Crippen molar-refractivity contribution in [1.82, 2.24) is 0 Å². The maximum atomic E-state index is 9.50. The van der Waals surface area contributed by atoms with Crippen LogP contribution in [0.1, 0.15) is 19.3 Å². The van der Waals surface area contributed by atoms with Gasteiger partial charge in [-0.25, -0.2) is 0 Å². The SMILES string of the molecule is OC1OC[C@H]2C3CCC(C3)C12. The fourth-order valence-corrected chi connectivity index (χ4v) is 3.47. The first-order valence-corrected chi connectivity index (χ1v) is 4.66. The van der Waals surface area contributed by atoms with Gasteiger partial charge in [0, 0.05) is 5.92 Å². The van der Waals surface area contributed by atoms with Gasteiger partial charge in [0.05, 0.1) is 6.61 Å². The normalized spacial score (nSPS) is 60.3. The van der Waals surface area contributed by atoms with Crippen LogP contribution in [-0.2, 0) is 4.74 Å². The van der Waals surface area contributed by atoms with Crippen molar-refractivity contribution in [1.29, 1.82) is 0 Å². The molecular weight excluding hydrogens is 140 g/mol. The summed E-state index contributed by atoms with van der Waals surface area (Å²) in [5.74, 6) is 2.90. The molecule has 0 amide bonds. The molecular formula is C9H14O2. The van der Waals surface area contributed by atoms with Crippen molar-refractivity contribution in [2.24, 2.45) is 23.7 Å². The van der Waals surface area contributed by atoms with E-state index in [0.717, 1.165) is 18.4 Å². The minimum Gasteiger partial charge on any atom is -0.368 e. The summed E-state index contributed by atoms with van der Waals surface area (Å²) >= 11 is 0. The van der Waals surface area contributed by atoms with Gasteiger partial charge in [-0.05, 0) is 37.0 Å². The second-order valence-corrected chi connectivity index (χ2v) is 4.30. The van der Waals surface area contributed by atoms with E-state index in [-0.39, 0.29) is 0 Å². The molecule has 0 aromatic carbocycles. The van der Waals surface area contributed by atoms with E-state index in [1.165, 1.54) is 19.3 Å². The van der Waals surface area contributed by atoms with Crippen LogP contribution < -0.4 is 0 Å². The molecule has 1 heterocycles. The number of fused-ring (bicyclic) bond motifs is 5. The van der Waals surface area contributed by atoms with Crippen LogP contribution in [0.15, 0.2) is 0 Å². The lowest BCUT2D eigenvalue weighted by molar-refractivity contribution is -0.0918. The molecule has 1 N–H and O–H groups in total. The first-order chi connectivity index (χ1) is 5.36. The minimum absolute atomic E-state index is 0.421. The Bertz CT molecular complexity index is 180. The Morgan fingerprint density at radius 2 is 2.00 bits per heavy atom. The van der Waals surface area contributed by atoms with E-state index < -0.39 is 6.29 Å². The summed E-state index contributed by atoms with van der Waals surface area (Å²) in [6.07, 6.45) is 3.68. The number of aliphatic hydroxyl groups is 1. The highest BCUT2D eigenvalue weighted by Crippen LogP contribution is 2.56. The quantitative estimate of drug-likeness (QED) is 0.564. The van der Waals surface area contributed by atoms with E-state index in [9.17, 15) is 5.11 Å². The largest absolute Gasteiger partial charge is 0.368 e. The molecule has 0 spiro atoms. The summed E-state index contributed by atoms with van der Waals surface area (Å²) in [6.45, 7) is 0.826. The zero-order valence-electron chi connectivity index (χ0n) is 6.57. The van der Waals surface area contributed by atoms with Gasteiger partial charge in [0.1, 0.15) is 0 Å². The van der Waals surface area contributed by atoms with Gasteiger partial charge < -0.3 is 9.84 Å². The predicted octanol–water partition coefficient (Wildman–Crippen LogP) is 0.997. The van der Waals surface area contributed by atoms with Gasteiger partial charge in [0.25, 0.3) is 0 Å². The molecule has 0 radical (unpaired) electrons. The first-order valence-electron chi connectivity index (χ1n) is 4.66. The Labute approximate surface area is 66.5 Å². The summed E-state index contributed by atoms with van der Waals surface area (Å²) < 4.78 is 5.26. The fourth-order valence-electron chi connectivity index (χ4n) is 3.47. The molecule has 2 bridgehead atoms. The molecule has 4 unspecified atom stereocenters. The summed E-state index contributed by atoms with van der Waals surface area (Å²) in [5, 5.41) is 9.50. The Morgan fingerprint density at radius 3 is 2.82 bits per heavy atom. The molecule has 5 atom stereocenters. The van der Waals surface area contributed by atoms with Gasteiger partial charge in [0.2, 0.25) is 0 Å². The fraction of sp³-hybridized carbons (Fsp3) is 1.00. The van der Waals surface area contributed by atoms with Gasteiger partial charge in [-0.3, -0.25) is 0 Å². The van der Waals surface area contributed by atoms with Crippen LogP contribution in [0.4, 0.5) is 0 Å². The standard InChI is InChI=1S/C9H14O2/c10-9-8-6-2-1-5(3-6)7(8)4-11-9/h5-10H,1-4H2/t5?,6?,7-,8?,9?/m0/s1. The number of hydrogen-bond acceptors (Lipinski definition) is 2. The van der Waals surface area contributed by atoms with Crippen LogP contribution in [0, 0.1) is 23.7 Å². The lowest BCUT2D eigenvalue weighted by Gasteiger charge is -2.23. The van der Waals surface area contributed by atoms with E-state index in [1.54, 1.807) is 0 Å². The Kier molecular flexibility index (Phi) is 1.16. The maximum Gasteiger partial charge on any atom is 0.157 e. The third-order valence-corrected chi connectivity index (χ3v) is 3.95. The number of rotatable bonds is 0. The van der Waals surface area contributed by atoms with Gasteiger partial charge in [-0.2, -0.15) is 0 Å². The summed E-state index contributed by atoms with van der Waals surface area (Å²) in [5.41, 5.74) is 0. The molecule has 3 rings (SSSR count). The van der Waals surface area contributed by atoms with E-state index in [1.807, 2.05) is 0 Å². The average Bonchev–Trinajstić information content (AvgIpc) is 2.60. The van der Waals surface area contributed by atoms with Crippen molar-refractivity contribution in [3.8, 4) is 0 Å². The Morgan fingerprint density at radius 1 is 1.18 bits per heavy atom. The van der Waals surface area contributed by atoms with Crippen molar-refractivity contribution in [3.63, 3.8) is 0 Å². The highest BCUT2D eigenvalue weighted by Gasteiger charge is 2.53. The first kappa shape index (κ1) is 6.44. The van der Waals surface area contributed by atoms with Gasteiger partial charge in [-0.15, -0.1) is 0 Å². The molecule has 2 saturated carbocycles. The Hall–Kier alpha value is -0.0800. The molecule has 62 valence electrons. The van der Waals surface area contributed by atoms with Crippen LogP contribution in [0.2, 0.25) is 0 Å². The highest BCUT2D eigenvalue weighted by molar-refractivity contribution is 4.99. The van der Waals surface area contributed by atoms with Crippen molar-refractivity contribution in [3.05, 3.63) is 0 Å². The van der Waals surface area contributed by atoms with Crippen molar-refractivity contribution < 1.29 is 9.84 Å². The second-order valence-electron chi connectivity index (χ2n) is 4.30. The zero-order chi connectivity index (χ0) is 7.42. The predicted molar refractivity (Wildman–Crippen MR) is 39.8 cm³/mol. The maximum absolute atomic E-state index is 9.50. The molecule has 3 fully saturated rings. The molecule has 3 aliphatic rings. The van der Waals surface area contributed by atoms with E-state index in [0.29, 0.717) is 11.8 Å². The van der Waals surface area contributed by atoms with Crippen molar-refractivity contribution in [2.45, 2.75) is 25.6 Å². The number of ether oxygens (including phenoxy) is 1. The molecule has 0 aromatic heterocycles. The lowest BCUT2D eigenvalue weighted by Crippen LogP contribution is -2.25. The third-order valence-electron chi connectivity index (χ3n) is 3.95. The van der Waals surface area contributed by atoms with Crippen molar-refractivity contribution in [2.75, 3.05) is 6.61 Å². The average molecular weight is 154 g/mol. The molecule has 1 aliphatic heterocycles. The molecule has 0 aromatic rings. The monoisotopic (exact) mass is 154 g/mol. The lowest BCUT2D eigenvalue weighted by atomic mass is 9.81. The third kappa shape index (κ3) is 0.695. The van der Waals surface area contributed by atoms with Crippen LogP contribution >= 0.6 is 0 Å². The van der Waals surface area contributed by atoms with Crippen LogP contribution in [0.25, 0.3) is 0 Å². The molecule has 1 saturated heterocycles. The molecule has 2 aliphatic carbocycles. The number of hydrogen-bond donors (Lipinski definition) is 1.